The number of carbonyl (C=O) groups is 2. The first-order valence-electron chi connectivity index (χ1n) is 9.55. The molecule has 1 aromatic heterocycles. The number of alkyl halides is 3. The third-order valence-electron chi connectivity index (χ3n) is 4.91. The van der Waals surface area contributed by atoms with E-state index in [2.05, 4.69) is 15.5 Å². The third-order valence-corrected chi connectivity index (χ3v) is 4.91. The van der Waals surface area contributed by atoms with Crippen LogP contribution < -0.4 is 11.1 Å². The molecule has 0 spiro atoms. The normalized spacial score (nSPS) is 11.5. The molecule has 0 saturated carbocycles. The molecule has 0 aliphatic heterocycles. The summed E-state index contributed by atoms with van der Waals surface area (Å²) in [4.78, 5) is 23.9. The Bertz CT molecular complexity index is 1310. The molecular weight excluding hydrogens is 421 g/mol. The van der Waals surface area contributed by atoms with Crippen molar-refractivity contribution in [2.45, 2.75) is 12.6 Å². The predicted octanol–water partition coefficient (Wildman–Crippen LogP) is 4.53. The lowest BCUT2D eigenvalue weighted by atomic mass is 10.0. The number of nitrogens with zero attached hydrogens (tertiary/aromatic N) is 1. The fourth-order valence-corrected chi connectivity index (χ4v) is 3.33. The molecule has 0 bridgehead atoms. The van der Waals surface area contributed by atoms with Crippen LogP contribution in [0.2, 0.25) is 0 Å². The molecule has 9 heteroatoms. The number of halogens is 3. The maximum atomic E-state index is 12.7. The largest absolute Gasteiger partial charge is 0.416 e. The van der Waals surface area contributed by atoms with Crippen molar-refractivity contribution in [3.8, 4) is 11.3 Å². The zero-order valence-corrected chi connectivity index (χ0v) is 16.5. The minimum absolute atomic E-state index is 0.0737. The van der Waals surface area contributed by atoms with Gasteiger partial charge in [-0.15, -0.1) is 0 Å². The second kappa shape index (κ2) is 8.18. The average molecular weight is 438 g/mol. The molecule has 0 aliphatic rings. The van der Waals surface area contributed by atoms with E-state index >= 15 is 0 Å². The Kier molecular flexibility index (Phi) is 5.40. The summed E-state index contributed by atoms with van der Waals surface area (Å²) in [5.41, 5.74) is 7.92. The van der Waals surface area contributed by atoms with Crippen LogP contribution in [0.15, 0.2) is 66.7 Å². The summed E-state index contributed by atoms with van der Waals surface area (Å²) >= 11 is 0. The number of hydrogen-bond acceptors (Lipinski definition) is 3. The monoisotopic (exact) mass is 438 g/mol. The van der Waals surface area contributed by atoms with Crippen molar-refractivity contribution >= 4 is 28.4 Å². The summed E-state index contributed by atoms with van der Waals surface area (Å²) in [6.45, 7) is 0. The van der Waals surface area contributed by atoms with E-state index in [4.69, 9.17) is 5.73 Å². The standard InChI is InChI=1S/C23H17F3N4O2/c24-23(25,26)16-7-4-13(5-8-16)10-20(31)28-17-3-1-2-14(11-17)21-18-12-15(22(27)32)6-9-19(18)29-30-21/h1-9,11-12H,10H2,(H2,27,32)(H,28,31)(H,29,30). The first kappa shape index (κ1) is 21.1. The molecule has 162 valence electrons. The van der Waals surface area contributed by atoms with Gasteiger partial charge in [-0.3, -0.25) is 14.7 Å². The maximum absolute atomic E-state index is 12.7. The number of carbonyl (C=O) groups excluding carboxylic acids is 2. The molecule has 32 heavy (non-hydrogen) atoms. The van der Waals surface area contributed by atoms with Crippen LogP contribution in [0.3, 0.4) is 0 Å². The van der Waals surface area contributed by atoms with E-state index < -0.39 is 17.6 Å². The van der Waals surface area contributed by atoms with Crippen molar-refractivity contribution in [3.05, 3.63) is 83.4 Å². The van der Waals surface area contributed by atoms with Crippen molar-refractivity contribution in [1.82, 2.24) is 10.2 Å². The first-order valence-corrected chi connectivity index (χ1v) is 9.55. The Morgan fingerprint density at radius 2 is 1.75 bits per heavy atom. The summed E-state index contributed by atoms with van der Waals surface area (Å²) in [7, 11) is 0. The van der Waals surface area contributed by atoms with Gasteiger partial charge in [-0.2, -0.15) is 18.3 Å². The van der Waals surface area contributed by atoms with E-state index in [0.29, 0.717) is 33.5 Å². The maximum Gasteiger partial charge on any atom is 0.416 e. The lowest BCUT2D eigenvalue weighted by molar-refractivity contribution is -0.137. The van der Waals surface area contributed by atoms with Crippen LogP contribution in [0.4, 0.5) is 18.9 Å². The molecular formula is C23H17F3N4O2. The number of amides is 2. The second-order valence-electron chi connectivity index (χ2n) is 7.20. The van der Waals surface area contributed by atoms with Gasteiger partial charge in [0.15, 0.2) is 0 Å². The van der Waals surface area contributed by atoms with Gasteiger partial charge in [-0.25, -0.2) is 0 Å². The summed E-state index contributed by atoms with van der Waals surface area (Å²) in [5, 5.41) is 10.6. The molecule has 0 unspecified atom stereocenters. The topological polar surface area (TPSA) is 101 Å². The van der Waals surface area contributed by atoms with Crippen molar-refractivity contribution in [3.63, 3.8) is 0 Å². The quantitative estimate of drug-likeness (QED) is 0.427. The fraction of sp³-hybridized carbons (Fsp3) is 0.0870. The number of rotatable bonds is 5. The SMILES string of the molecule is NC(=O)c1ccc2[nH]nc(-c3cccc(NC(=O)Cc4ccc(C(F)(F)F)cc4)c3)c2c1. The van der Waals surface area contributed by atoms with Crippen molar-refractivity contribution in [1.29, 1.82) is 0 Å². The summed E-state index contributed by atoms with van der Waals surface area (Å²) in [6, 6.07) is 16.4. The average Bonchev–Trinajstić information content (AvgIpc) is 3.17. The molecule has 4 N–H and O–H groups in total. The molecule has 0 saturated heterocycles. The highest BCUT2D eigenvalue weighted by Gasteiger charge is 2.30. The van der Waals surface area contributed by atoms with E-state index in [-0.39, 0.29) is 12.3 Å². The van der Waals surface area contributed by atoms with E-state index in [9.17, 15) is 22.8 Å². The van der Waals surface area contributed by atoms with Gasteiger partial charge >= 0.3 is 6.18 Å². The van der Waals surface area contributed by atoms with E-state index in [1.807, 2.05) is 0 Å². The number of anilines is 1. The van der Waals surface area contributed by atoms with Crippen molar-refractivity contribution in [2.24, 2.45) is 5.73 Å². The minimum Gasteiger partial charge on any atom is -0.366 e. The van der Waals surface area contributed by atoms with Crippen LogP contribution in [0.5, 0.6) is 0 Å². The van der Waals surface area contributed by atoms with Crippen LogP contribution in [-0.4, -0.2) is 22.0 Å². The zero-order chi connectivity index (χ0) is 22.9. The highest BCUT2D eigenvalue weighted by molar-refractivity contribution is 6.01. The smallest absolute Gasteiger partial charge is 0.366 e. The van der Waals surface area contributed by atoms with Gasteiger partial charge in [0.05, 0.1) is 23.2 Å². The number of benzene rings is 3. The van der Waals surface area contributed by atoms with Gasteiger partial charge in [0.1, 0.15) is 0 Å². The van der Waals surface area contributed by atoms with E-state index in [1.54, 1.807) is 42.5 Å². The summed E-state index contributed by atoms with van der Waals surface area (Å²) in [5.74, 6) is -0.923. The van der Waals surface area contributed by atoms with Crippen LogP contribution in [0, 0.1) is 0 Å². The Balaban J connectivity index is 1.52. The predicted molar refractivity (Wildman–Crippen MR) is 114 cm³/mol. The Hall–Kier alpha value is -4.14. The number of aromatic nitrogens is 2. The second-order valence-corrected chi connectivity index (χ2v) is 7.20. The van der Waals surface area contributed by atoms with E-state index in [1.165, 1.54) is 12.1 Å². The van der Waals surface area contributed by atoms with Gasteiger partial charge in [-0.05, 0) is 48.0 Å². The molecule has 3 aromatic carbocycles. The first-order chi connectivity index (χ1) is 15.2. The molecule has 4 aromatic rings. The van der Waals surface area contributed by atoms with Gasteiger partial charge in [0.2, 0.25) is 11.8 Å². The van der Waals surface area contributed by atoms with Crippen LogP contribution in [-0.2, 0) is 17.4 Å². The van der Waals surface area contributed by atoms with Crippen molar-refractivity contribution < 1.29 is 22.8 Å². The lowest BCUT2D eigenvalue weighted by Crippen LogP contribution is -2.14. The number of fused-ring (bicyclic) bond motifs is 1. The number of primary amides is 1. The molecule has 6 nitrogen and oxygen atoms in total. The molecule has 0 aliphatic carbocycles. The van der Waals surface area contributed by atoms with Gasteiger partial charge < -0.3 is 11.1 Å². The Morgan fingerprint density at radius 3 is 2.44 bits per heavy atom. The molecule has 4 rings (SSSR count). The fourth-order valence-electron chi connectivity index (χ4n) is 3.33. The Morgan fingerprint density at radius 1 is 1.00 bits per heavy atom. The van der Waals surface area contributed by atoms with Crippen LogP contribution >= 0.6 is 0 Å². The number of nitrogens with two attached hydrogens (primary N) is 1. The van der Waals surface area contributed by atoms with Gasteiger partial charge in [-0.1, -0.05) is 24.3 Å². The number of hydrogen-bond donors (Lipinski definition) is 3. The molecule has 2 amide bonds. The van der Waals surface area contributed by atoms with Crippen molar-refractivity contribution in [2.75, 3.05) is 5.32 Å². The van der Waals surface area contributed by atoms with Crippen LogP contribution in [0.25, 0.3) is 22.2 Å². The third kappa shape index (κ3) is 4.46. The highest BCUT2D eigenvalue weighted by Crippen LogP contribution is 2.30. The number of H-pyrrole nitrogens is 1. The number of aromatic amines is 1. The molecule has 0 radical (unpaired) electrons. The summed E-state index contributed by atoms with van der Waals surface area (Å²) in [6.07, 6.45) is -4.49. The van der Waals surface area contributed by atoms with Crippen LogP contribution in [0.1, 0.15) is 21.5 Å². The van der Waals surface area contributed by atoms with Gasteiger partial charge in [0.25, 0.3) is 0 Å². The molecule has 0 fully saturated rings. The molecule has 0 atom stereocenters. The lowest BCUT2D eigenvalue weighted by Gasteiger charge is -2.09. The molecule has 1 heterocycles. The van der Waals surface area contributed by atoms with E-state index in [0.717, 1.165) is 17.6 Å². The highest BCUT2D eigenvalue weighted by atomic mass is 19.4. The minimum atomic E-state index is -4.42. The Labute approximate surface area is 180 Å². The summed E-state index contributed by atoms with van der Waals surface area (Å²) < 4.78 is 38.0. The zero-order valence-electron chi connectivity index (χ0n) is 16.5. The van der Waals surface area contributed by atoms with Gasteiger partial charge in [0, 0.05) is 22.2 Å². The number of nitrogens with one attached hydrogen (secondary N) is 2.